The van der Waals surface area contributed by atoms with Crippen molar-refractivity contribution in [2.45, 2.75) is 0 Å². The zero-order valence-corrected chi connectivity index (χ0v) is 13.0. The van der Waals surface area contributed by atoms with Gasteiger partial charge in [0.05, 0.1) is 0 Å². The molecule has 0 N–H and O–H groups in total. The van der Waals surface area contributed by atoms with E-state index in [4.69, 9.17) is 0 Å². The molecule has 2 aromatic carbocycles. The van der Waals surface area contributed by atoms with Gasteiger partial charge < -0.3 is 0 Å². The third-order valence-corrected chi connectivity index (χ3v) is 10.5. The molecule has 16 heavy (non-hydrogen) atoms. The van der Waals surface area contributed by atoms with Crippen LogP contribution in [0.4, 0.5) is 0 Å². The number of hydrogen-bond donors (Lipinski definition) is 0. The summed E-state index contributed by atoms with van der Waals surface area (Å²) < 4.78 is -2.31. The summed E-state index contributed by atoms with van der Waals surface area (Å²) in [6, 6.07) is 21.0. The van der Waals surface area contributed by atoms with Crippen LogP contribution in [-0.2, 0) is 0 Å². The Balaban J connectivity index is 2.60. The van der Waals surface area contributed by atoms with Gasteiger partial charge in [0.1, 0.15) is 0 Å². The molecule has 0 bridgehead atoms. The second-order valence-electron chi connectivity index (χ2n) is 3.97. The van der Waals surface area contributed by atoms with Crippen LogP contribution < -0.4 is 10.6 Å². The first-order valence-electron chi connectivity index (χ1n) is 5.05. The molecule has 0 saturated carbocycles. The Bertz CT molecular complexity index is 428. The standard InChI is InChI=1S/C13H13Br2P/c1-16(14,15,12-8-4-2-5-9-12)13-10-6-3-7-11-13/h2-11H,1H3. The molecule has 0 radical (unpaired) electrons. The molecule has 0 aromatic heterocycles. The van der Waals surface area contributed by atoms with Crippen LogP contribution in [0.2, 0.25) is 0 Å². The molecule has 2 rings (SSSR count). The van der Waals surface area contributed by atoms with Gasteiger partial charge in [-0.25, -0.2) is 0 Å². The average molecular weight is 360 g/mol. The van der Waals surface area contributed by atoms with Gasteiger partial charge in [0.25, 0.3) is 0 Å². The normalized spacial score (nSPS) is 14.1. The Hall–Kier alpha value is -0.170. The van der Waals surface area contributed by atoms with Gasteiger partial charge in [0.2, 0.25) is 0 Å². The summed E-state index contributed by atoms with van der Waals surface area (Å²) in [6.07, 6.45) is 0. The van der Waals surface area contributed by atoms with E-state index in [1.807, 2.05) is 12.1 Å². The number of benzene rings is 2. The first-order chi connectivity index (χ1) is 7.49. The second kappa shape index (κ2) is 4.25. The molecule has 0 heterocycles. The summed E-state index contributed by atoms with van der Waals surface area (Å²) in [6.45, 7) is 2.25. The van der Waals surface area contributed by atoms with Gasteiger partial charge >= 0.3 is 113 Å². The summed E-state index contributed by atoms with van der Waals surface area (Å²) >= 11 is 7.90. The Labute approximate surface area is 112 Å². The summed E-state index contributed by atoms with van der Waals surface area (Å²) in [4.78, 5) is 0. The Kier molecular flexibility index (Phi) is 3.27. The first kappa shape index (κ1) is 12.3. The van der Waals surface area contributed by atoms with Crippen LogP contribution in [0.15, 0.2) is 60.7 Å². The quantitative estimate of drug-likeness (QED) is 0.695. The fraction of sp³-hybridized carbons (Fsp3) is 0.0769. The van der Waals surface area contributed by atoms with Crippen LogP contribution in [0.25, 0.3) is 0 Å². The summed E-state index contributed by atoms with van der Waals surface area (Å²) in [7, 11) is 0. The van der Waals surface area contributed by atoms with E-state index in [1.54, 1.807) is 0 Å². The maximum atomic E-state index is 3.95. The molecule has 0 aliphatic heterocycles. The minimum absolute atomic E-state index is 1.31. The zero-order chi connectivity index (χ0) is 11.7. The van der Waals surface area contributed by atoms with Gasteiger partial charge in [-0.3, -0.25) is 0 Å². The van der Waals surface area contributed by atoms with Crippen LogP contribution >= 0.6 is 35.0 Å². The Morgan fingerprint density at radius 2 is 1.00 bits per heavy atom. The van der Waals surface area contributed by atoms with E-state index in [0.717, 1.165) is 0 Å². The van der Waals surface area contributed by atoms with Gasteiger partial charge in [0, 0.05) is 0 Å². The third kappa shape index (κ3) is 2.25. The molecule has 0 fully saturated rings. The van der Waals surface area contributed by atoms with Crippen LogP contribution in [0, 0.1) is 0 Å². The molecule has 0 atom stereocenters. The zero-order valence-electron chi connectivity index (χ0n) is 8.98. The van der Waals surface area contributed by atoms with E-state index in [-0.39, 0.29) is 0 Å². The molecular weight excluding hydrogens is 347 g/mol. The van der Waals surface area contributed by atoms with Gasteiger partial charge in [-0.05, 0) is 0 Å². The van der Waals surface area contributed by atoms with E-state index in [2.05, 4.69) is 86.2 Å². The summed E-state index contributed by atoms with van der Waals surface area (Å²) in [5, 5.41) is 2.61. The van der Waals surface area contributed by atoms with Crippen LogP contribution in [-0.4, -0.2) is 6.66 Å². The third-order valence-electron chi connectivity index (χ3n) is 2.68. The fourth-order valence-corrected chi connectivity index (χ4v) is 6.50. The number of hydrogen-bond acceptors (Lipinski definition) is 0. The van der Waals surface area contributed by atoms with Crippen molar-refractivity contribution >= 4 is 45.6 Å². The van der Waals surface area contributed by atoms with Crippen molar-refractivity contribution in [2.24, 2.45) is 0 Å². The van der Waals surface area contributed by atoms with Crippen molar-refractivity contribution in [1.29, 1.82) is 0 Å². The molecule has 0 amide bonds. The minimum atomic E-state index is -2.31. The fourth-order valence-electron chi connectivity index (χ4n) is 1.68. The predicted molar refractivity (Wildman–Crippen MR) is 82.9 cm³/mol. The van der Waals surface area contributed by atoms with E-state index in [0.29, 0.717) is 0 Å². The molecule has 2 aromatic rings. The van der Waals surface area contributed by atoms with Gasteiger partial charge in [-0.1, -0.05) is 0 Å². The van der Waals surface area contributed by atoms with Crippen LogP contribution in [0.5, 0.6) is 0 Å². The summed E-state index contributed by atoms with van der Waals surface area (Å²) in [5.41, 5.74) is 0. The van der Waals surface area contributed by atoms with Gasteiger partial charge in [-0.2, -0.15) is 0 Å². The molecule has 3 heteroatoms. The SMILES string of the molecule is CP(Br)(Br)(c1ccccc1)c1ccccc1. The molecule has 0 aliphatic rings. The van der Waals surface area contributed by atoms with Crippen LogP contribution in [0.1, 0.15) is 0 Å². The molecule has 0 spiro atoms. The van der Waals surface area contributed by atoms with Crippen molar-refractivity contribution < 1.29 is 0 Å². The predicted octanol–water partition coefficient (Wildman–Crippen LogP) is 4.44. The Morgan fingerprint density at radius 3 is 1.31 bits per heavy atom. The van der Waals surface area contributed by atoms with Crippen molar-refractivity contribution in [1.82, 2.24) is 0 Å². The van der Waals surface area contributed by atoms with E-state index >= 15 is 0 Å². The van der Waals surface area contributed by atoms with Crippen molar-refractivity contribution in [2.75, 3.05) is 6.66 Å². The Morgan fingerprint density at radius 1 is 0.688 bits per heavy atom. The van der Waals surface area contributed by atoms with Gasteiger partial charge in [-0.15, -0.1) is 0 Å². The molecule has 0 nitrogen and oxygen atoms in total. The molecule has 0 saturated heterocycles. The van der Waals surface area contributed by atoms with Crippen molar-refractivity contribution in [3.63, 3.8) is 0 Å². The molecule has 84 valence electrons. The second-order valence-corrected chi connectivity index (χ2v) is 21.1. The first-order valence-corrected chi connectivity index (χ1v) is 11.8. The van der Waals surface area contributed by atoms with Crippen LogP contribution in [0.3, 0.4) is 0 Å². The van der Waals surface area contributed by atoms with Gasteiger partial charge in [0.15, 0.2) is 0 Å². The van der Waals surface area contributed by atoms with E-state index in [1.165, 1.54) is 10.6 Å². The molecular formula is C13H13Br2P. The number of halogens is 2. The van der Waals surface area contributed by atoms with E-state index in [9.17, 15) is 0 Å². The van der Waals surface area contributed by atoms with Crippen molar-refractivity contribution in [3.05, 3.63) is 60.7 Å². The van der Waals surface area contributed by atoms with E-state index < -0.39 is 4.01 Å². The maximum absolute atomic E-state index is 3.95. The monoisotopic (exact) mass is 358 g/mol. The average Bonchev–Trinajstić information content (AvgIpc) is 2.31. The molecule has 0 unspecified atom stereocenters. The summed E-state index contributed by atoms with van der Waals surface area (Å²) in [5.74, 6) is 0. The number of rotatable bonds is 2. The topological polar surface area (TPSA) is 0 Å². The molecule has 0 aliphatic carbocycles. The van der Waals surface area contributed by atoms with Crippen molar-refractivity contribution in [3.8, 4) is 0 Å².